The summed E-state index contributed by atoms with van der Waals surface area (Å²) in [5, 5.41) is 15.5. The molecule has 3 aromatic rings. The number of amides is 2. The van der Waals surface area contributed by atoms with E-state index >= 15 is 0 Å². The van der Waals surface area contributed by atoms with Crippen molar-refractivity contribution in [3.63, 3.8) is 0 Å². The molecule has 15 heteroatoms. The van der Waals surface area contributed by atoms with Crippen LogP contribution in [0.2, 0.25) is 5.02 Å². The third-order valence-electron chi connectivity index (χ3n) is 7.26. The van der Waals surface area contributed by atoms with E-state index in [-0.39, 0.29) is 25.2 Å². The second-order valence-corrected chi connectivity index (χ2v) is 11.5. The van der Waals surface area contributed by atoms with Gasteiger partial charge in [-0.3, -0.25) is 14.8 Å². The van der Waals surface area contributed by atoms with Gasteiger partial charge in [0.1, 0.15) is 6.61 Å². The summed E-state index contributed by atoms with van der Waals surface area (Å²) < 4.78 is 5.54. The van der Waals surface area contributed by atoms with Crippen molar-refractivity contribution >= 4 is 64.4 Å². The molecule has 228 valence electrons. The molecule has 5 rings (SSSR count). The Morgan fingerprint density at radius 2 is 1.79 bits per heavy atom. The third-order valence-corrected chi connectivity index (χ3v) is 8.66. The molecule has 2 saturated heterocycles. The second kappa shape index (κ2) is 14.1. The molecule has 4 N–H and O–H groups in total. The number of nitrogens with one attached hydrogen (secondary N) is 3. The molecule has 2 aliphatic rings. The van der Waals surface area contributed by atoms with Gasteiger partial charge in [-0.05, 0) is 30.7 Å². The van der Waals surface area contributed by atoms with Gasteiger partial charge in [0, 0.05) is 39.0 Å². The van der Waals surface area contributed by atoms with Crippen LogP contribution in [0.25, 0.3) is 0 Å². The molecular formula is C28H34ClN9O4S. The first-order valence-electron chi connectivity index (χ1n) is 13.8. The van der Waals surface area contributed by atoms with Gasteiger partial charge in [-0.2, -0.15) is 15.0 Å². The molecular weight excluding hydrogens is 594 g/mol. The quantitative estimate of drug-likeness (QED) is 0.193. The van der Waals surface area contributed by atoms with Crippen LogP contribution >= 0.6 is 23.4 Å². The van der Waals surface area contributed by atoms with Crippen molar-refractivity contribution in [1.82, 2.24) is 25.7 Å². The number of hydrogen-bond donors (Lipinski definition) is 4. The average molecular weight is 628 g/mol. The number of aromatic nitrogens is 3. The number of benzene rings is 2. The fourth-order valence-electron chi connectivity index (χ4n) is 4.97. The summed E-state index contributed by atoms with van der Waals surface area (Å²) in [4.78, 5) is 44.9. The zero-order chi connectivity index (χ0) is 30.3. The number of halogens is 1. The van der Waals surface area contributed by atoms with Crippen molar-refractivity contribution < 1.29 is 19.5 Å². The van der Waals surface area contributed by atoms with E-state index in [0.29, 0.717) is 53.1 Å². The summed E-state index contributed by atoms with van der Waals surface area (Å²) in [7, 11) is 1.59. The number of hydroxylamine groups is 1. The summed E-state index contributed by atoms with van der Waals surface area (Å²) >= 11 is 8.16. The Balaban J connectivity index is 1.43. The number of piperazine rings is 1. The molecule has 0 aliphatic carbocycles. The lowest BCUT2D eigenvalue weighted by atomic mass is 10.1. The lowest BCUT2D eigenvalue weighted by Crippen LogP contribution is -2.47. The first kappa shape index (κ1) is 30.6. The maximum Gasteiger partial charge on any atom is 0.269 e. The fraction of sp³-hybridized carbons (Fsp3) is 0.393. The highest BCUT2D eigenvalue weighted by molar-refractivity contribution is 7.99. The molecule has 0 radical (unpaired) electrons. The number of aryl methyl sites for hydroxylation is 1. The first-order valence-corrected chi connectivity index (χ1v) is 15.4. The average Bonchev–Trinajstić information content (AvgIpc) is 3.50. The Bertz CT molecular complexity index is 1460. The highest BCUT2D eigenvalue weighted by Crippen LogP contribution is 2.31. The zero-order valence-electron chi connectivity index (χ0n) is 23.9. The predicted octanol–water partition coefficient (Wildman–Crippen LogP) is 2.66. The Hall–Kier alpha value is -3.85. The summed E-state index contributed by atoms with van der Waals surface area (Å²) in [6.45, 7) is 4.70. The number of ether oxygens (including phenoxy) is 1. The van der Waals surface area contributed by atoms with E-state index in [0.717, 1.165) is 30.1 Å². The summed E-state index contributed by atoms with van der Waals surface area (Å²) in [6.07, 6.45) is 0. The van der Waals surface area contributed by atoms with Crippen LogP contribution in [0.3, 0.4) is 0 Å². The van der Waals surface area contributed by atoms with Crippen LogP contribution in [-0.4, -0.2) is 96.1 Å². The van der Waals surface area contributed by atoms with Gasteiger partial charge in [0.05, 0.1) is 40.5 Å². The summed E-state index contributed by atoms with van der Waals surface area (Å²) in [6, 6.07) is 13.2. The molecule has 0 spiro atoms. The lowest BCUT2D eigenvalue weighted by Gasteiger charge is -2.36. The minimum absolute atomic E-state index is 0.100. The maximum absolute atomic E-state index is 12.7. The molecule has 2 amide bonds. The van der Waals surface area contributed by atoms with Gasteiger partial charge in [0.25, 0.3) is 11.8 Å². The van der Waals surface area contributed by atoms with E-state index < -0.39 is 5.91 Å². The molecule has 3 heterocycles. The van der Waals surface area contributed by atoms with E-state index in [1.165, 1.54) is 0 Å². The topological polar surface area (TPSA) is 148 Å². The van der Waals surface area contributed by atoms with Gasteiger partial charge < -0.3 is 30.1 Å². The number of rotatable bonds is 10. The molecule has 0 saturated carbocycles. The number of para-hydroxylation sites is 2. The van der Waals surface area contributed by atoms with Crippen LogP contribution < -0.4 is 30.8 Å². The van der Waals surface area contributed by atoms with Crippen LogP contribution in [0.1, 0.15) is 15.9 Å². The highest BCUT2D eigenvalue weighted by atomic mass is 35.5. The largest absolute Gasteiger partial charge is 0.369 e. The van der Waals surface area contributed by atoms with Crippen LogP contribution in [0.4, 0.5) is 29.2 Å². The van der Waals surface area contributed by atoms with Crippen molar-refractivity contribution in [1.29, 1.82) is 0 Å². The van der Waals surface area contributed by atoms with Gasteiger partial charge >= 0.3 is 0 Å². The molecule has 43 heavy (non-hydrogen) atoms. The first-order chi connectivity index (χ1) is 20.9. The molecule has 0 unspecified atom stereocenters. The zero-order valence-corrected chi connectivity index (χ0v) is 25.5. The van der Waals surface area contributed by atoms with Crippen LogP contribution in [-0.2, 0) is 9.53 Å². The van der Waals surface area contributed by atoms with Gasteiger partial charge in [-0.1, -0.05) is 35.9 Å². The Kier molecular flexibility index (Phi) is 10.0. The summed E-state index contributed by atoms with van der Waals surface area (Å²) in [5.74, 6) is 1.81. The van der Waals surface area contributed by atoms with Crippen molar-refractivity contribution in [3.8, 4) is 0 Å². The van der Waals surface area contributed by atoms with Crippen molar-refractivity contribution in [2.24, 2.45) is 0 Å². The van der Waals surface area contributed by atoms with E-state index in [9.17, 15) is 9.59 Å². The Morgan fingerprint density at radius 3 is 2.53 bits per heavy atom. The predicted molar refractivity (Wildman–Crippen MR) is 168 cm³/mol. The molecule has 2 aliphatic heterocycles. The SMILES string of the molecule is CNC(=O)c1cccc(C)c1Nc1nc(N2CCN(c3ccccc3Cl)CC2)nc(N2CSC[C@H]2COCC(=O)NO)n1. The van der Waals surface area contributed by atoms with E-state index in [1.807, 2.05) is 48.2 Å². The standard InChI is InChI=1S/C28H34ClN9O4S/c1-18-6-5-7-20(25(40)30-2)24(18)31-26-32-27(37-12-10-36(11-13-37)22-9-4-3-8-21(22)29)34-28(33-26)38-17-43-16-19(38)14-42-15-23(39)35-41/h3-9,19,41H,10-17H2,1-2H3,(H,30,40)(H,35,39)(H,31,32,33,34)/t19-/m1/s1. The fourth-order valence-corrected chi connectivity index (χ4v) is 6.40. The van der Waals surface area contributed by atoms with Crippen LogP contribution in [0.5, 0.6) is 0 Å². The van der Waals surface area contributed by atoms with Crippen molar-refractivity contribution in [2.45, 2.75) is 13.0 Å². The van der Waals surface area contributed by atoms with Gasteiger partial charge in [0.2, 0.25) is 17.8 Å². The highest BCUT2D eigenvalue weighted by Gasteiger charge is 2.30. The molecule has 2 aromatic carbocycles. The van der Waals surface area contributed by atoms with Crippen molar-refractivity contribution in [3.05, 3.63) is 58.6 Å². The van der Waals surface area contributed by atoms with Crippen molar-refractivity contribution in [2.75, 3.05) is 78.1 Å². The van der Waals surface area contributed by atoms with Gasteiger partial charge in [-0.25, -0.2) is 5.48 Å². The molecule has 13 nitrogen and oxygen atoms in total. The van der Waals surface area contributed by atoms with Gasteiger partial charge in [0.15, 0.2) is 0 Å². The number of carbonyl (C=O) groups is 2. The molecule has 0 bridgehead atoms. The van der Waals surface area contributed by atoms with E-state index in [1.54, 1.807) is 30.4 Å². The Labute approximate surface area is 258 Å². The number of nitrogens with zero attached hydrogens (tertiary/aromatic N) is 6. The third kappa shape index (κ3) is 7.21. The monoisotopic (exact) mass is 627 g/mol. The number of hydrogen-bond acceptors (Lipinski definition) is 12. The molecule has 1 aromatic heterocycles. The maximum atomic E-state index is 12.7. The Morgan fingerprint density at radius 1 is 1.05 bits per heavy atom. The number of carbonyl (C=O) groups excluding carboxylic acids is 2. The second-order valence-electron chi connectivity index (χ2n) is 10.1. The minimum atomic E-state index is -0.618. The molecule has 1 atom stereocenters. The lowest BCUT2D eigenvalue weighted by molar-refractivity contribution is -0.134. The minimum Gasteiger partial charge on any atom is -0.369 e. The number of anilines is 5. The van der Waals surface area contributed by atoms with Crippen LogP contribution in [0, 0.1) is 6.92 Å². The van der Waals surface area contributed by atoms with E-state index in [4.69, 9.17) is 36.5 Å². The normalized spacial score (nSPS) is 16.7. The molecule has 2 fully saturated rings. The number of thioether (sulfide) groups is 1. The van der Waals surface area contributed by atoms with E-state index in [2.05, 4.69) is 20.4 Å². The smallest absolute Gasteiger partial charge is 0.269 e. The summed E-state index contributed by atoms with van der Waals surface area (Å²) in [5.41, 5.74) is 4.52. The van der Waals surface area contributed by atoms with Crippen LogP contribution in [0.15, 0.2) is 42.5 Å². The van der Waals surface area contributed by atoms with Gasteiger partial charge in [-0.15, -0.1) is 11.8 Å².